The Morgan fingerprint density at radius 1 is 1.41 bits per heavy atom. The molecule has 0 spiro atoms. The second-order valence-electron chi connectivity index (χ2n) is 5.25. The van der Waals surface area contributed by atoms with Gasteiger partial charge in [0.05, 0.1) is 17.5 Å². The number of aromatic nitrogens is 3. The number of rotatable bonds is 5. The van der Waals surface area contributed by atoms with E-state index in [1.807, 2.05) is 0 Å². The summed E-state index contributed by atoms with van der Waals surface area (Å²) in [5, 5.41) is 10.8. The Balaban J connectivity index is 1.56. The van der Waals surface area contributed by atoms with Crippen molar-refractivity contribution in [3.63, 3.8) is 0 Å². The molecule has 22 heavy (non-hydrogen) atoms. The highest BCUT2D eigenvalue weighted by molar-refractivity contribution is 7.89. The molecular weight excluding hydrogens is 306 g/mol. The van der Waals surface area contributed by atoms with E-state index >= 15 is 0 Å². The van der Waals surface area contributed by atoms with Gasteiger partial charge in [-0.25, -0.2) is 12.7 Å². The molecule has 118 valence electrons. The molecule has 2 aromatic heterocycles. The van der Waals surface area contributed by atoms with Crippen LogP contribution in [0.2, 0.25) is 0 Å². The van der Waals surface area contributed by atoms with Crippen molar-refractivity contribution in [1.82, 2.24) is 24.4 Å². The summed E-state index contributed by atoms with van der Waals surface area (Å²) >= 11 is 0. The van der Waals surface area contributed by atoms with E-state index in [2.05, 4.69) is 15.5 Å². The molecule has 0 atom stereocenters. The van der Waals surface area contributed by atoms with E-state index in [9.17, 15) is 13.2 Å². The third kappa shape index (κ3) is 2.69. The van der Waals surface area contributed by atoms with E-state index < -0.39 is 10.0 Å². The Labute approximate surface area is 128 Å². The average molecular weight is 323 g/mol. The van der Waals surface area contributed by atoms with Crippen LogP contribution in [0.3, 0.4) is 0 Å². The lowest BCUT2D eigenvalue weighted by molar-refractivity contribution is 0.0931. The molecule has 1 fully saturated rings. The van der Waals surface area contributed by atoms with Gasteiger partial charge in [0.1, 0.15) is 5.52 Å². The van der Waals surface area contributed by atoms with Gasteiger partial charge >= 0.3 is 0 Å². The van der Waals surface area contributed by atoms with Crippen molar-refractivity contribution in [3.8, 4) is 0 Å². The van der Waals surface area contributed by atoms with Crippen LogP contribution in [-0.4, -0.2) is 58.8 Å². The quantitative estimate of drug-likeness (QED) is 0.818. The van der Waals surface area contributed by atoms with Crippen LogP contribution in [0, 0.1) is 5.92 Å². The van der Waals surface area contributed by atoms with E-state index in [-0.39, 0.29) is 17.6 Å². The normalized spacial score (nSPS) is 16.6. The minimum Gasteiger partial charge on any atom is -0.352 e. The lowest BCUT2D eigenvalue weighted by atomic mass is 10.0. The largest absolute Gasteiger partial charge is 0.352 e. The second-order valence-corrected chi connectivity index (χ2v) is 7.51. The van der Waals surface area contributed by atoms with Crippen LogP contribution in [0.15, 0.2) is 24.5 Å². The lowest BCUT2D eigenvalue weighted by Gasteiger charge is -2.37. The Morgan fingerprint density at radius 2 is 2.18 bits per heavy atom. The summed E-state index contributed by atoms with van der Waals surface area (Å²) in [6, 6.07) is 3.51. The standard InChI is InChI=1S/C13H17N5O3S/c1-2-22(20,21)17-8-10(9-17)6-14-13(19)11-7-16-18-12(11)4-3-5-15-18/h3-5,7,10H,2,6,8-9H2,1H3,(H,14,19). The van der Waals surface area contributed by atoms with Crippen LogP contribution in [0.25, 0.3) is 5.52 Å². The van der Waals surface area contributed by atoms with E-state index in [0.29, 0.717) is 30.7 Å². The van der Waals surface area contributed by atoms with Gasteiger partial charge in [0.2, 0.25) is 10.0 Å². The van der Waals surface area contributed by atoms with Crippen LogP contribution in [-0.2, 0) is 10.0 Å². The van der Waals surface area contributed by atoms with Crippen molar-refractivity contribution in [1.29, 1.82) is 0 Å². The lowest BCUT2D eigenvalue weighted by Crippen LogP contribution is -2.54. The zero-order valence-corrected chi connectivity index (χ0v) is 13.0. The van der Waals surface area contributed by atoms with Gasteiger partial charge in [-0.2, -0.15) is 14.8 Å². The van der Waals surface area contributed by atoms with E-state index in [1.54, 1.807) is 25.3 Å². The molecule has 0 aliphatic carbocycles. The number of nitrogens with one attached hydrogen (secondary N) is 1. The van der Waals surface area contributed by atoms with Gasteiger partial charge < -0.3 is 5.32 Å². The van der Waals surface area contributed by atoms with Crippen LogP contribution in [0.4, 0.5) is 0 Å². The highest BCUT2D eigenvalue weighted by Crippen LogP contribution is 2.19. The first-order chi connectivity index (χ1) is 10.5. The summed E-state index contributed by atoms with van der Waals surface area (Å²) in [6.07, 6.45) is 3.07. The number of amides is 1. The molecule has 1 saturated heterocycles. The van der Waals surface area contributed by atoms with E-state index in [4.69, 9.17) is 0 Å². The monoisotopic (exact) mass is 323 g/mol. The number of sulfonamides is 1. The highest BCUT2D eigenvalue weighted by atomic mass is 32.2. The number of hydrogen-bond acceptors (Lipinski definition) is 5. The molecule has 9 heteroatoms. The predicted octanol–water partition coefficient (Wildman–Crippen LogP) is -0.259. The Morgan fingerprint density at radius 3 is 2.91 bits per heavy atom. The van der Waals surface area contributed by atoms with Gasteiger partial charge in [-0.1, -0.05) is 0 Å². The van der Waals surface area contributed by atoms with Crippen molar-refractivity contribution in [3.05, 3.63) is 30.1 Å². The first-order valence-electron chi connectivity index (χ1n) is 7.06. The van der Waals surface area contributed by atoms with Gasteiger partial charge in [0, 0.05) is 31.7 Å². The van der Waals surface area contributed by atoms with Crippen molar-refractivity contribution < 1.29 is 13.2 Å². The molecule has 2 aromatic rings. The predicted molar refractivity (Wildman–Crippen MR) is 79.8 cm³/mol. The number of fused-ring (bicyclic) bond motifs is 1. The van der Waals surface area contributed by atoms with Gasteiger partial charge in [0.25, 0.3) is 5.91 Å². The molecule has 1 aliphatic heterocycles. The van der Waals surface area contributed by atoms with Crippen molar-refractivity contribution >= 4 is 21.4 Å². The first-order valence-corrected chi connectivity index (χ1v) is 8.67. The summed E-state index contributed by atoms with van der Waals surface area (Å²) in [4.78, 5) is 12.2. The van der Waals surface area contributed by atoms with E-state index in [0.717, 1.165) is 0 Å². The van der Waals surface area contributed by atoms with Gasteiger partial charge in [-0.3, -0.25) is 4.79 Å². The minimum absolute atomic E-state index is 0.113. The molecule has 0 bridgehead atoms. The van der Waals surface area contributed by atoms with Crippen molar-refractivity contribution in [2.45, 2.75) is 6.92 Å². The zero-order valence-electron chi connectivity index (χ0n) is 12.1. The summed E-state index contributed by atoms with van der Waals surface area (Å²) in [7, 11) is -3.11. The van der Waals surface area contributed by atoms with Crippen LogP contribution in [0.5, 0.6) is 0 Å². The van der Waals surface area contributed by atoms with E-state index in [1.165, 1.54) is 15.1 Å². The fourth-order valence-corrected chi connectivity index (χ4v) is 3.64. The maximum absolute atomic E-state index is 12.2. The molecule has 1 amide bonds. The molecule has 0 radical (unpaired) electrons. The average Bonchev–Trinajstić information content (AvgIpc) is 2.89. The maximum atomic E-state index is 12.2. The summed E-state index contributed by atoms with van der Waals surface area (Å²) in [5.41, 5.74) is 1.11. The van der Waals surface area contributed by atoms with Crippen LogP contribution in [0.1, 0.15) is 17.3 Å². The molecule has 0 aromatic carbocycles. The molecule has 1 aliphatic rings. The van der Waals surface area contributed by atoms with Gasteiger partial charge in [-0.05, 0) is 19.1 Å². The second kappa shape index (κ2) is 5.65. The molecule has 3 rings (SSSR count). The molecule has 1 N–H and O–H groups in total. The summed E-state index contributed by atoms with van der Waals surface area (Å²) in [5.74, 6) is 0.0478. The number of carbonyl (C=O) groups is 1. The topological polar surface area (TPSA) is 96.7 Å². The molecule has 8 nitrogen and oxygen atoms in total. The van der Waals surface area contributed by atoms with Crippen molar-refractivity contribution in [2.75, 3.05) is 25.4 Å². The summed E-state index contributed by atoms with van der Waals surface area (Å²) in [6.45, 7) is 3.01. The Kier molecular flexibility index (Phi) is 3.83. The number of nitrogens with zero attached hydrogens (tertiary/aromatic N) is 4. The molecule has 3 heterocycles. The number of hydrogen-bond donors (Lipinski definition) is 1. The van der Waals surface area contributed by atoms with Crippen LogP contribution >= 0.6 is 0 Å². The highest BCUT2D eigenvalue weighted by Gasteiger charge is 2.34. The third-order valence-corrected chi connectivity index (χ3v) is 5.60. The zero-order chi connectivity index (χ0) is 15.7. The third-order valence-electron chi connectivity index (χ3n) is 3.78. The van der Waals surface area contributed by atoms with Gasteiger partial charge in [0.15, 0.2) is 0 Å². The van der Waals surface area contributed by atoms with Crippen LogP contribution < -0.4 is 5.32 Å². The first kappa shape index (κ1) is 14.9. The maximum Gasteiger partial charge on any atom is 0.255 e. The number of carbonyl (C=O) groups excluding carboxylic acids is 1. The Bertz CT molecular complexity index is 795. The summed E-state index contributed by atoms with van der Waals surface area (Å²) < 4.78 is 26.1. The minimum atomic E-state index is -3.11. The smallest absolute Gasteiger partial charge is 0.255 e. The van der Waals surface area contributed by atoms with Crippen molar-refractivity contribution in [2.24, 2.45) is 5.92 Å². The SMILES string of the molecule is CCS(=O)(=O)N1CC(CNC(=O)c2cnn3ncccc23)C1. The molecule has 0 unspecified atom stereocenters. The molecule has 0 saturated carbocycles. The fraction of sp³-hybridized carbons (Fsp3) is 0.462. The Hall–Kier alpha value is -2.00. The molecular formula is C13H17N5O3S. The fourth-order valence-electron chi connectivity index (χ4n) is 2.40. The van der Waals surface area contributed by atoms with Gasteiger partial charge in [-0.15, -0.1) is 0 Å².